The Balaban J connectivity index is 1.48. The van der Waals surface area contributed by atoms with E-state index in [1.165, 1.54) is 0 Å². The van der Waals surface area contributed by atoms with Gasteiger partial charge in [-0.2, -0.15) is 5.10 Å². The summed E-state index contributed by atoms with van der Waals surface area (Å²) < 4.78 is 7.21. The third-order valence-electron chi connectivity index (χ3n) is 4.95. The molecule has 4 rings (SSSR count). The van der Waals surface area contributed by atoms with Crippen molar-refractivity contribution in [1.29, 1.82) is 0 Å². The van der Waals surface area contributed by atoms with Crippen LogP contribution in [0.4, 0.5) is 0 Å². The second-order valence-electron chi connectivity index (χ2n) is 6.85. The van der Waals surface area contributed by atoms with Gasteiger partial charge in [-0.1, -0.05) is 30.3 Å². The fourth-order valence-electron chi connectivity index (χ4n) is 3.39. The quantitative estimate of drug-likeness (QED) is 0.719. The van der Waals surface area contributed by atoms with Gasteiger partial charge in [0.05, 0.1) is 24.9 Å². The molecule has 0 saturated carbocycles. The molecule has 3 aromatic rings. The molecule has 1 aromatic heterocycles. The number of morpholine rings is 1. The second kappa shape index (κ2) is 8.82. The fourth-order valence-corrected chi connectivity index (χ4v) is 3.39. The Bertz CT molecular complexity index is 873. The van der Waals surface area contributed by atoms with Crippen molar-refractivity contribution in [2.45, 2.75) is 6.04 Å². The average Bonchev–Trinajstić information content (AvgIpc) is 3.30. The summed E-state index contributed by atoms with van der Waals surface area (Å²) in [6, 6.07) is 19.4. The lowest BCUT2D eigenvalue weighted by Crippen LogP contribution is -2.43. The first-order valence-electron chi connectivity index (χ1n) is 9.55. The zero-order chi connectivity index (χ0) is 19.2. The highest BCUT2D eigenvalue weighted by atomic mass is 16.5. The zero-order valence-corrected chi connectivity index (χ0v) is 15.7. The Morgan fingerprint density at radius 2 is 1.79 bits per heavy atom. The fraction of sp³-hybridized carbons (Fsp3) is 0.273. The van der Waals surface area contributed by atoms with Gasteiger partial charge in [-0.3, -0.25) is 9.69 Å². The standard InChI is InChI=1S/C22H24N4O2/c27-22(19-7-9-20(10-8-19)26-12-4-11-23-26)24-21(18-5-2-1-3-6-18)17-25-13-15-28-16-14-25/h1-12,21H,13-17H2,(H,24,27)/t21-/m1/s1. The average molecular weight is 376 g/mol. The first-order chi connectivity index (χ1) is 13.8. The normalized spacial score (nSPS) is 15.9. The van der Waals surface area contributed by atoms with Crippen LogP contribution < -0.4 is 5.32 Å². The summed E-state index contributed by atoms with van der Waals surface area (Å²) in [7, 11) is 0. The third kappa shape index (κ3) is 4.47. The summed E-state index contributed by atoms with van der Waals surface area (Å²) in [6.07, 6.45) is 3.61. The molecule has 28 heavy (non-hydrogen) atoms. The molecule has 0 unspecified atom stereocenters. The topological polar surface area (TPSA) is 59.4 Å². The van der Waals surface area contributed by atoms with Gasteiger partial charge >= 0.3 is 0 Å². The molecule has 1 atom stereocenters. The van der Waals surface area contributed by atoms with Crippen LogP contribution in [0.15, 0.2) is 73.1 Å². The second-order valence-corrected chi connectivity index (χ2v) is 6.85. The van der Waals surface area contributed by atoms with Crippen LogP contribution in [-0.2, 0) is 4.74 Å². The predicted molar refractivity (Wildman–Crippen MR) is 107 cm³/mol. The van der Waals surface area contributed by atoms with Crippen LogP contribution in [0.5, 0.6) is 0 Å². The van der Waals surface area contributed by atoms with Gasteiger partial charge < -0.3 is 10.1 Å². The summed E-state index contributed by atoms with van der Waals surface area (Å²) >= 11 is 0. The SMILES string of the molecule is O=C(N[C@H](CN1CCOCC1)c1ccccc1)c1ccc(-n2cccn2)cc1. The molecule has 0 radical (unpaired) electrons. The first-order valence-corrected chi connectivity index (χ1v) is 9.55. The van der Waals surface area contributed by atoms with E-state index in [1.807, 2.05) is 54.7 Å². The molecule has 1 amide bonds. The minimum absolute atomic E-state index is 0.0717. The number of nitrogens with one attached hydrogen (secondary N) is 1. The van der Waals surface area contributed by atoms with Gasteiger partial charge in [0.1, 0.15) is 0 Å². The lowest BCUT2D eigenvalue weighted by atomic mass is 10.1. The van der Waals surface area contributed by atoms with E-state index in [1.54, 1.807) is 10.9 Å². The number of hydrogen-bond acceptors (Lipinski definition) is 4. The molecule has 144 valence electrons. The Labute approximate surface area is 164 Å². The van der Waals surface area contributed by atoms with Crippen LogP contribution in [0.3, 0.4) is 0 Å². The number of ether oxygens (including phenoxy) is 1. The maximum absolute atomic E-state index is 12.9. The van der Waals surface area contributed by atoms with Gasteiger partial charge in [-0.25, -0.2) is 4.68 Å². The lowest BCUT2D eigenvalue weighted by Gasteiger charge is -2.31. The lowest BCUT2D eigenvalue weighted by molar-refractivity contribution is 0.0332. The molecule has 2 aromatic carbocycles. The molecule has 0 spiro atoms. The monoisotopic (exact) mass is 376 g/mol. The van der Waals surface area contributed by atoms with Crippen molar-refractivity contribution in [2.24, 2.45) is 0 Å². The molecule has 0 aliphatic carbocycles. The number of aromatic nitrogens is 2. The highest BCUT2D eigenvalue weighted by molar-refractivity contribution is 5.94. The van der Waals surface area contributed by atoms with Crippen molar-refractivity contribution in [3.05, 3.63) is 84.2 Å². The van der Waals surface area contributed by atoms with Crippen LogP contribution in [0.2, 0.25) is 0 Å². The highest BCUT2D eigenvalue weighted by Crippen LogP contribution is 2.17. The van der Waals surface area contributed by atoms with Crippen LogP contribution in [0.25, 0.3) is 5.69 Å². The van der Waals surface area contributed by atoms with Crippen molar-refractivity contribution in [3.8, 4) is 5.69 Å². The minimum atomic E-state index is -0.0749. The molecule has 1 N–H and O–H groups in total. The number of rotatable bonds is 6. The molecular formula is C22H24N4O2. The Morgan fingerprint density at radius 3 is 2.46 bits per heavy atom. The zero-order valence-electron chi connectivity index (χ0n) is 15.7. The van der Waals surface area contributed by atoms with Crippen molar-refractivity contribution in [1.82, 2.24) is 20.0 Å². The molecule has 1 saturated heterocycles. The number of hydrogen-bond donors (Lipinski definition) is 1. The van der Waals surface area contributed by atoms with E-state index in [0.717, 1.165) is 44.1 Å². The maximum Gasteiger partial charge on any atom is 0.251 e. The first kappa shape index (κ1) is 18.4. The van der Waals surface area contributed by atoms with Gasteiger partial charge in [0, 0.05) is 37.6 Å². The summed E-state index contributed by atoms with van der Waals surface area (Å²) in [4.78, 5) is 15.2. The Morgan fingerprint density at radius 1 is 1.04 bits per heavy atom. The van der Waals surface area contributed by atoms with E-state index in [2.05, 4.69) is 27.4 Å². The number of benzene rings is 2. The van der Waals surface area contributed by atoms with Gasteiger partial charge in [0.2, 0.25) is 0 Å². The molecule has 1 aliphatic heterocycles. The van der Waals surface area contributed by atoms with Crippen LogP contribution >= 0.6 is 0 Å². The summed E-state index contributed by atoms with van der Waals surface area (Å²) in [5, 5.41) is 7.42. The minimum Gasteiger partial charge on any atom is -0.379 e. The van der Waals surface area contributed by atoms with Crippen molar-refractivity contribution >= 4 is 5.91 Å². The van der Waals surface area contributed by atoms with E-state index in [-0.39, 0.29) is 11.9 Å². The van der Waals surface area contributed by atoms with Gasteiger partial charge in [-0.15, -0.1) is 0 Å². The number of amides is 1. The summed E-state index contributed by atoms with van der Waals surface area (Å²) in [6.45, 7) is 4.02. The molecular weight excluding hydrogens is 352 g/mol. The van der Waals surface area contributed by atoms with E-state index in [0.29, 0.717) is 5.56 Å². The Kier molecular flexibility index (Phi) is 5.80. The summed E-state index contributed by atoms with van der Waals surface area (Å²) in [5.74, 6) is -0.0749. The largest absolute Gasteiger partial charge is 0.379 e. The van der Waals surface area contributed by atoms with E-state index < -0.39 is 0 Å². The number of carbonyl (C=O) groups is 1. The van der Waals surface area contributed by atoms with Gasteiger partial charge in [0.25, 0.3) is 5.91 Å². The smallest absolute Gasteiger partial charge is 0.251 e. The van der Waals surface area contributed by atoms with Gasteiger partial charge in [0.15, 0.2) is 0 Å². The van der Waals surface area contributed by atoms with Crippen LogP contribution in [-0.4, -0.2) is 53.4 Å². The molecule has 1 aliphatic rings. The molecule has 0 bridgehead atoms. The Hall–Kier alpha value is -2.96. The molecule has 6 heteroatoms. The predicted octanol–water partition coefficient (Wildman–Crippen LogP) is 2.68. The molecule has 6 nitrogen and oxygen atoms in total. The van der Waals surface area contributed by atoms with Crippen LogP contribution in [0, 0.1) is 0 Å². The van der Waals surface area contributed by atoms with Gasteiger partial charge in [-0.05, 0) is 35.9 Å². The molecule has 1 fully saturated rings. The maximum atomic E-state index is 12.9. The van der Waals surface area contributed by atoms with Crippen molar-refractivity contribution < 1.29 is 9.53 Å². The van der Waals surface area contributed by atoms with E-state index in [4.69, 9.17) is 4.74 Å². The number of nitrogens with zero attached hydrogens (tertiary/aromatic N) is 3. The molecule has 2 heterocycles. The van der Waals surface area contributed by atoms with Crippen molar-refractivity contribution in [2.75, 3.05) is 32.8 Å². The summed E-state index contributed by atoms with van der Waals surface area (Å²) in [5.41, 5.74) is 2.67. The van der Waals surface area contributed by atoms with E-state index in [9.17, 15) is 4.79 Å². The third-order valence-corrected chi connectivity index (χ3v) is 4.95. The highest BCUT2D eigenvalue weighted by Gasteiger charge is 2.20. The number of carbonyl (C=O) groups excluding carboxylic acids is 1. The van der Waals surface area contributed by atoms with E-state index >= 15 is 0 Å². The van der Waals surface area contributed by atoms with Crippen molar-refractivity contribution in [3.63, 3.8) is 0 Å². The van der Waals surface area contributed by atoms with Crippen LogP contribution in [0.1, 0.15) is 22.0 Å².